The van der Waals surface area contributed by atoms with Crippen LogP contribution < -0.4 is 5.32 Å². The van der Waals surface area contributed by atoms with Crippen LogP contribution in [0.5, 0.6) is 0 Å². The molecule has 1 fully saturated rings. The molecular formula is C11H16N4O3S3. The molecule has 0 aromatic carbocycles. The fourth-order valence-corrected chi connectivity index (χ4v) is 6.00. The van der Waals surface area contributed by atoms with Gasteiger partial charge in [0.1, 0.15) is 0 Å². The Labute approximate surface area is 129 Å². The molecule has 0 bridgehead atoms. The Morgan fingerprint density at radius 2 is 2.14 bits per heavy atom. The molecule has 7 nitrogen and oxygen atoms in total. The van der Waals surface area contributed by atoms with Gasteiger partial charge >= 0.3 is 0 Å². The zero-order valence-corrected chi connectivity index (χ0v) is 13.9. The molecule has 0 saturated carbocycles. The number of rotatable bonds is 4. The van der Waals surface area contributed by atoms with Gasteiger partial charge in [-0.15, -0.1) is 11.3 Å². The van der Waals surface area contributed by atoms with Crippen LogP contribution in [0.2, 0.25) is 0 Å². The lowest BCUT2D eigenvalue weighted by Gasteiger charge is -2.25. The van der Waals surface area contributed by atoms with Crippen molar-refractivity contribution in [2.45, 2.75) is 11.9 Å². The van der Waals surface area contributed by atoms with E-state index in [4.69, 9.17) is 0 Å². The standard InChI is InChI=1S/C11H16N4O3S3/c1-2-12-9-10(15-3-6-19-11(15)13-9)21(17,18)14-4-7-20(16)8-5-14/h3,6,12H,2,4-5,7-8H2,1H3. The summed E-state index contributed by atoms with van der Waals surface area (Å²) in [5.41, 5.74) is 0. The Hall–Kier alpha value is -0.970. The average Bonchev–Trinajstić information content (AvgIpc) is 2.99. The van der Waals surface area contributed by atoms with E-state index in [9.17, 15) is 12.6 Å². The predicted octanol–water partition coefficient (Wildman–Crippen LogP) is 0.581. The van der Waals surface area contributed by atoms with Gasteiger partial charge < -0.3 is 5.32 Å². The average molecular weight is 348 g/mol. The largest absolute Gasteiger partial charge is 0.368 e. The quantitative estimate of drug-likeness (QED) is 0.874. The van der Waals surface area contributed by atoms with Crippen molar-refractivity contribution in [3.63, 3.8) is 0 Å². The number of hydrogen-bond acceptors (Lipinski definition) is 6. The lowest BCUT2D eigenvalue weighted by atomic mass is 10.6. The second-order valence-electron chi connectivity index (χ2n) is 4.60. The molecule has 2 aromatic rings. The molecule has 3 rings (SSSR count). The normalized spacial score (nSPS) is 18.3. The number of anilines is 1. The van der Waals surface area contributed by atoms with Crippen LogP contribution in [0, 0.1) is 0 Å². The zero-order chi connectivity index (χ0) is 15.0. The van der Waals surface area contributed by atoms with Crippen molar-refractivity contribution in [2.75, 3.05) is 36.5 Å². The number of thiazole rings is 1. The van der Waals surface area contributed by atoms with Gasteiger partial charge in [0, 0.05) is 53.5 Å². The van der Waals surface area contributed by atoms with Crippen LogP contribution in [0.15, 0.2) is 16.6 Å². The van der Waals surface area contributed by atoms with Gasteiger partial charge in [-0.1, -0.05) is 0 Å². The van der Waals surface area contributed by atoms with Gasteiger partial charge in [0.05, 0.1) is 0 Å². The molecule has 1 aliphatic heterocycles. The number of fused-ring (bicyclic) bond motifs is 1. The van der Waals surface area contributed by atoms with E-state index in [0.29, 0.717) is 28.8 Å². The van der Waals surface area contributed by atoms with Crippen molar-refractivity contribution >= 4 is 42.9 Å². The van der Waals surface area contributed by atoms with Crippen molar-refractivity contribution in [1.29, 1.82) is 0 Å². The molecule has 1 saturated heterocycles. The minimum Gasteiger partial charge on any atom is -0.368 e. The smallest absolute Gasteiger partial charge is 0.262 e. The summed E-state index contributed by atoms with van der Waals surface area (Å²) in [5, 5.41) is 5.00. The highest BCUT2D eigenvalue weighted by Gasteiger charge is 2.33. The van der Waals surface area contributed by atoms with E-state index >= 15 is 0 Å². The van der Waals surface area contributed by atoms with E-state index in [1.807, 2.05) is 12.3 Å². The number of aromatic nitrogens is 2. The first kappa shape index (κ1) is 14.9. The van der Waals surface area contributed by atoms with E-state index in [1.165, 1.54) is 15.6 Å². The molecule has 116 valence electrons. The molecule has 0 unspecified atom stereocenters. The highest BCUT2D eigenvalue weighted by Crippen LogP contribution is 2.28. The lowest BCUT2D eigenvalue weighted by Crippen LogP contribution is -2.42. The molecule has 0 amide bonds. The van der Waals surface area contributed by atoms with Gasteiger partial charge in [0.2, 0.25) is 0 Å². The summed E-state index contributed by atoms with van der Waals surface area (Å²) in [6, 6.07) is 0. The molecule has 21 heavy (non-hydrogen) atoms. The van der Waals surface area contributed by atoms with Crippen LogP contribution in [-0.2, 0) is 20.8 Å². The minimum absolute atomic E-state index is 0.174. The maximum absolute atomic E-state index is 12.9. The van der Waals surface area contributed by atoms with Crippen LogP contribution >= 0.6 is 11.3 Å². The summed E-state index contributed by atoms with van der Waals surface area (Å²) in [4.78, 5) is 4.99. The van der Waals surface area contributed by atoms with Crippen molar-refractivity contribution in [3.8, 4) is 0 Å². The van der Waals surface area contributed by atoms with E-state index in [-0.39, 0.29) is 18.1 Å². The number of imidazole rings is 1. The van der Waals surface area contributed by atoms with Gasteiger partial charge in [-0.05, 0) is 6.92 Å². The molecular weight excluding hydrogens is 332 g/mol. The number of nitrogens with one attached hydrogen (secondary N) is 1. The molecule has 1 N–H and O–H groups in total. The first-order valence-electron chi connectivity index (χ1n) is 6.58. The van der Waals surface area contributed by atoms with E-state index in [2.05, 4.69) is 10.3 Å². The van der Waals surface area contributed by atoms with Crippen LogP contribution in [0.1, 0.15) is 6.92 Å². The molecule has 2 aromatic heterocycles. The maximum atomic E-state index is 12.9. The fraction of sp³-hybridized carbons (Fsp3) is 0.545. The Bertz CT molecular complexity index is 770. The van der Waals surface area contributed by atoms with Crippen molar-refractivity contribution in [3.05, 3.63) is 11.6 Å². The molecule has 0 aliphatic carbocycles. The van der Waals surface area contributed by atoms with E-state index in [1.54, 1.807) is 10.6 Å². The third-order valence-electron chi connectivity index (χ3n) is 3.28. The third-order valence-corrected chi connectivity index (χ3v) is 7.24. The summed E-state index contributed by atoms with van der Waals surface area (Å²) >= 11 is 1.39. The monoisotopic (exact) mass is 348 g/mol. The molecule has 0 radical (unpaired) electrons. The number of nitrogens with zero attached hydrogens (tertiary/aromatic N) is 3. The first-order valence-corrected chi connectivity index (χ1v) is 10.4. The number of hydrogen-bond donors (Lipinski definition) is 1. The molecule has 0 atom stereocenters. The number of sulfonamides is 1. The Kier molecular flexibility index (Phi) is 4.04. The van der Waals surface area contributed by atoms with Crippen LogP contribution in [0.3, 0.4) is 0 Å². The van der Waals surface area contributed by atoms with Gasteiger partial charge in [-0.25, -0.2) is 13.4 Å². The van der Waals surface area contributed by atoms with Gasteiger partial charge in [-0.3, -0.25) is 8.61 Å². The van der Waals surface area contributed by atoms with Crippen molar-refractivity contribution in [2.24, 2.45) is 0 Å². The van der Waals surface area contributed by atoms with E-state index in [0.717, 1.165) is 0 Å². The SMILES string of the molecule is CCNc1nc2sccn2c1S(=O)(=O)N1CCS(=O)CC1. The highest BCUT2D eigenvalue weighted by molar-refractivity contribution is 7.89. The van der Waals surface area contributed by atoms with Crippen LogP contribution in [0.4, 0.5) is 5.82 Å². The van der Waals surface area contributed by atoms with Gasteiger partial charge in [0.15, 0.2) is 15.8 Å². The summed E-state index contributed by atoms with van der Waals surface area (Å²) in [5.74, 6) is 1.17. The Morgan fingerprint density at radius 3 is 2.81 bits per heavy atom. The summed E-state index contributed by atoms with van der Waals surface area (Å²) in [6.07, 6.45) is 1.71. The van der Waals surface area contributed by atoms with Crippen LogP contribution in [-0.4, -0.2) is 57.5 Å². The molecule has 3 heterocycles. The highest BCUT2D eigenvalue weighted by atomic mass is 32.2. The third kappa shape index (κ3) is 2.60. The first-order chi connectivity index (χ1) is 10.0. The topological polar surface area (TPSA) is 83.8 Å². The Balaban J connectivity index is 2.06. The summed E-state index contributed by atoms with van der Waals surface area (Å²) in [7, 11) is -4.56. The lowest BCUT2D eigenvalue weighted by molar-refractivity contribution is 0.436. The zero-order valence-electron chi connectivity index (χ0n) is 11.5. The van der Waals surface area contributed by atoms with Crippen molar-refractivity contribution in [1.82, 2.24) is 13.7 Å². The minimum atomic E-state index is -3.65. The van der Waals surface area contributed by atoms with E-state index < -0.39 is 20.8 Å². The second-order valence-corrected chi connectivity index (χ2v) is 9.03. The summed E-state index contributed by atoms with van der Waals surface area (Å²) < 4.78 is 40.2. The van der Waals surface area contributed by atoms with Gasteiger partial charge in [-0.2, -0.15) is 4.31 Å². The molecule has 0 spiro atoms. The van der Waals surface area contributed by atoms with Crippen molar-refractivity contribution < 1.29 is 12.6 Å². The van der Waals surface area contributed by atoms with Crippen LogP contribution in [0.25, 0.3) is 4.96 Å². The molecule has 10 heteroatoms. The van der Waals surface area contributed by atoms with Gasteiger partial charge in [0.25, 0.3) is 10.0 Å². The summed E-state index contributed by atoms with van der Waals surface area (Å²) in [6.45, 7) is 3.07. The molecule has 1 aliphatic rings. The second kappa shape index (κ2) is 5.67. The maximum Gasteiger partial charge on any atom is 0.262 e. The Morgan fingerprint density at radius 1 is 1.43 bits per heavy atom. The predicted molar refractivity (Wildman–Crippen MR) is 83.9 cm³/mol. The fourth-order valence-electron chi connectivity index (χ4n) is 2.28.